The molecule has 154 valence electrons. The maximum absolute atomic E-state index is 12.7. The SMILES string of the molecule is COc1cc(/C=C/c2cc3c(c(=O)o2)-c2cc(O)c(O)cc2C(OC)O3)ccc1O. The highest BCUT2D eigenvalue weighted by Gasteiger charge is 2.31. The van der Waals surface area contributed by atoms with Crippen molar-refractivity contribution in [3.63, 3.8) is 0 Å². The van der Waals surface area contributed by atoms with Gasteiger partial charge in [-0.25, -0.2) is 4.79 Å². The molecule has 1 aliphatic heterocycles. The number of rotatable bonds is 4. The first-order valence-corrected chi connectivity index (χ1v) is 8.90. The zero-order chi connectivity index (χ0) is 21.4. The van der Waals surface area contributed by atoms with Crippen LogP contribution in [0.15, 0.2) is 45.6 Å². The Kier molecular flexibility index (Phi) is 4.85. The van der Waals surface area contributed by atoms with Gasteiger partial charge in [-0.3, -0.25) is 0 Å². The molecule has 30 heavy (non-hydrogen) atoms. The van der Waals surface area contributed by atoms with Gasteiger partial charge in [-0.2, -0.15) is 0 Å². The quantitative estimate of drug-likeness (QED) is 0.558. The second-order valence-electron chi connectivity index (χ2n) is 6.55. The van der Waals surface area contributed by atoms with Crippen LogP contribution in [-0.2, 0) is 4.74 Å². The molecule has 8 heteroatoms. The fourth-order valence-corrected chi connectivity index (χ4v) is 3.24. The minimum atomic E-state index is -0.876. The van der Waals surface area contributed by atoms with Gasteiger partial charge < -0.3 is 33.9 Å². The Morgan fingerprint density at radius 3 is 2.47 bits per heavy atom. The molecule has 0 radical (unpaired) electrons. The van der Waals surface area contributed by atoms with Crippen molar-refractivity contribution < 1.29 is 33.9 Å². The van der Waals surface area contributed by atoms with Crippen LogP contribution in [0.25, 0.3) is 23.3 Å². The summed E-state index contributed by atoms with van der Waals surface area (Å²) in [6, 6.07) is 8.88. The van der Waals surface area contributed by atoms with E-state index in [1.165, 1.54) is 38.5 Å². The van der Waals surface area contributed by atoms with Gasteiger partial charge in [-0.1, -0.05) is 12.1 Å². The highest BCUT2D eigenvalue weighted by atomic mass is 16.7. The van der Waals surface area contributed by atoms with Crippen molar-refractivity contribution in [3.05, 3.63) is 63.7 Å². The Morgan fingerprint density at radius 2 is 1.73 bits per heavy atom. The Morgan fingerprint density at radius 1 is 0.967 bits per heavy atom. The zero-order valence-corrected chi connectivity index (χ0v) is 16.1. The van der Waals surface area contributed by atoms with Gasteiger partial charge >= 0.3 is 5.63 Å². The third kappa shape index (κ3) is 3.33. The number of aromatic hydroxyl groups is 3. The van der Waals surface area contributed by atoms with Crippen molar-refractivity contribution in [2.75, 3.05) is 14.2 Å². The third-order valence-electron chi connectivity index (χ3n) is 4.70. The maximum atomic E-state index is 12.7. The van der Waals surface area contributed by atoms with Crippen LogP contribution < -0.4 is 15.1 Å². The molecule has 0 amide bonds. The van der Waals surface area contributed by atoms with E-state index in [0.717, 1.165) is 0 Å². The molecular formula is C22H18O8. The molecule has 0 spiro atoms. The van der Waals surface area contributed by atoms with Crippen LogP contribution in [0, 0.1) is 0 Å². The first-order chi connectivity index (χ1) is 14.4. The van der Waals surface area contributed by atoms with Crippen LogP contribution in [-0.4, -0.2) is 29.5 Å². The Balaban J connectivity index is 1.76. The minimum absolute atomic E-state index is 0.0157. The first kappa shape index (κ1) is 19.4. The van der Waals surface area contributed by atoms with Crippen LogP contribution >= 0.6 is 0 Å². The Bertz CT molecular complexity index is 1210. The normalized spacial score (nSPS) is 14.8. The molecule has 1 atom stereocenters. The summed E-state index contributed by atoms with van der Waals surface area (Å²) in [6.45, 7) is 0. The van der Waals surface area contributed by atoms with Crippen molar-refractivity contribution in [2.24, 2.45) is 0 Å². The molecule has 1 aromatic heterocycles. The summed E-state index contributed by atoms with van der Waals surface area (Å²) in [6.07, 6.45) is 2.38. The lowest BCUT2D eigenvalue weighted by molar-refractivity contribution is -0.0583. The highest BCUT2D eigenvalue weighted by molar-refractivity contribution is 5.78. The summed E-state index contributed by atoms with van der Waals surface area (Å²) in [5.74, 6) is 0.0554. The van der Waals surface area contributed by atoms with E-state index in [9.17, 15) is 20.1 Å². The number of ether oxygens (including phenoxy) is 3. The molecule has 3 aromatic rings. The fraction of sp³-hybridized carbons (Fsp3) is 0.136. The van der Waals surface area contributed by atoms with Gasteiger partial charge in [0.25, 0.3) is 0 Å². The fourth-order valence-electron chi connectivity index (χ4n) is 3.24. The van der Waals surface area contributed by atoms with Crippen molar-refractivity contribution in [2.45, 2.75) is 6.29 Å². The first-order valence-electron chi connectivity index (χ1n) is 8.90. The van der Waals surface area contributed by atoms with E-state index in [2.05, 4.69) is 0 Å². The van der Waals surface area contributed by atoms with Crippen molar-refractivity contribution in [1.82, 2.24) is 0 Å². The lowest BCUT2D eigenvalue weighted by Crippen LogP contribution is -2.20. The molecule has 2 aromatic carbocycles. The number of methoxy groups -OCH3 is 2. The molecule has 0 aliphatic carbocycles. The van der Waals surface area contributed by atoms with Gasteiger partial charge in [0, 0.05) is 24.3 Å². The Labute approximate surface area is 170 Å². The van der Waals surface area contributed by atoms with Crippen LogP contribution in [0.2, 0.25) is 0 Å². The summed E-state index contributed by atoms with van der Waals surface area (Å²) in [4.78, 5) is 12.7. The molecule has 4 rings (SSSR count). The predicted octanol–water partition coefficient (Wildman–Crippen LogP) is 3.64. The van der Waals surface area contributed by atoms with Crippen LogP contribution in [0.1, 0.15) is 23.2 Å². The lowest BCUT2D eigenvalue weighted by atomic mass is 9.96. The molecule has 1 aliphatic rings. The number of phenolic OH excluding ortho intramolecular Hbond substituents is 3. The summed E-state index contributed by atoms with van der Waals surface area (Å²) in [7, 11) is 2.87. The summed E-state index contributed by atoms with van der Waals surface area (Å²) in [5.41, 5.74) is 0.915. The van der Waals surface area contributed by atoms with E-state index < -0.39 is 11.9 Å². The smallest absolute Gasteiger partial charge is 0.347 e. The molecule has 0 fully saturated rings. The van der Waals surface area contributed by atoms with Gasteiger partial charge in [0.1, 0.15) is 17.1 Å². The van der Waals surface area contributed by atoms with E-state index in [4.69, 9.17) is 18.6 Å². The highest BCUT2D eigenvalue weighted by Crippen LogP contribution is 2.45. The standard InChI is InChI=1S/C22H18O8/c1-27-18-7-11(4-6-15(18)23)3-5-12-8-19-20(21(26)29-12)13-9-16(24)17(25)10-14(13)22(28-2)30-19/h3-10,22-25H,1-2H3/b5-3+. The second kappa shape index (κ2) is 7.49. The van der Waals surface area contributed by atoms with Crippen LogP contribution in [0.3, 0.4) is 0 Å². The Hall–Kier alpha value is -3.91. The lowest BCUT2D eigenvalue weighted by Gasteiger charge is -2.27. The van der Waals surface area contributed by atoms with E-state index in [-0.39, 0.29) is 34.3 Å². The number of hydrogen-bond acceptors (Lipinski definition) is 8. The molecule has 0 saturated heterocycles. The summed E-state index contributed by atoms with van der Waals surface area (Å²) in [5, 5.41) is 29.3. The van der Waals surface area contributed by atoms with Gasteiger partial charge in [0.2, 0.25) is 6.29 Å². The minimum Gasteiger partial charge on any atom is -0.504 e. The largest absolute Gasteiger partial charge is 0.504 e. The van der Waals surface area contributed by atoms with E-state index >= 15 is 0 Å². The number of hydrogen-bond donors (Lipinski definition) is 3. The number of fused-ring (bicyclic) bond motifs is 3. The summed E-state index contributed by atoms with van der Waals surface area (Å²) < 4.78 is 21.5. The third-order valence-corrected chi connectivity index (χ3v) is 4.70. The average molecular weight is 410 g/mol. The van der Waals surface area contributed by atoms with E-state index in [1.807, 2.05) is 0 Å². The molecule has 8 nitrogen and oxygen atoms in total. The van der Waals surface area contributed by atoms with Crippen molar-refractivity contribution >= 4 is 12.2 Å². The van der Waals surface area contributed by atoms with Gasteiger partial charge in [0.05, 0.1) is 7.11 Å². The summed E-state index contributed by atoms with van der Waals surface area (Å²) >= 11 is 0. The molecule has 2 heterocycles. The number of benzene rings is 2. The average Bonchev–Trinajstić information content (AvgIpc) is 2.73. The molecular weight excluding hydrogens is 392 g/mol. The topological polar surface area (TPSA) is 119 Å². The van der Waals surface area contributed by atoms with E-state index in [0.29, 0.717) is 22.4 Å². The van der Waals surface area contributed by atoms with E-state index in [1.54, 1.807) is 24.3 Å². The number of phenols is 3. The monoisotopic (exact) mass is 410 g/mol. The van der Waals surface area contributed by atoms with Gasteiger partial charge in [-0.05, 0) is 35.9 Å². The van der Waals surface area contributed by atoms with Crippen LogP contribution in [0.5, 0.6) is 28.7 Å². The van der Waals surface area contributed by atoms with Crippen molar-refractivity contribution in [1.29, 1.82) is 0 Å². The molecule has 0 bridgehead atoms. The molecule has 3 N–H and O–H groups in total. The van der Waals surface area contributed by atoms with Gasteiger partial charge in [0.15, 0.2) is 23.0 Å². The van der Waals surface area contributed by atoms with Crippen molar-refractivity contribution in [3.8, 4) is 39.9 Å². The maximum Gasteiger partial charge on any atom is 0.347 e. The molecule has 1 unspecified atom stereocenters. The zero-order valence-electron chi connectivity index (χ0n) is 16.1. The molecule has 0 saturated carbocycles. The van der Waals surface area contributed by atoms with Crippen LogP contribution in [0.4, 0.5) is 0 Å². The van der Waals surface area contributed by atoms with Gasteiger partial charge in [-0.15, -0.1) is 0 Å². The second-order valence-corrected chi connectivity index (χ2v) is 6.55. The predicted molar refractivity (Wildman–Crippen MR) is 108 cm³/mol.